The monoisotopic (exact) mass is 462 g/mol. The molecule has 5 rings (SSSR count). The molecular formula is C25H30N6O3. The van der Waals surface area contributed by atoms with Gasteiger partial charge in [-0.25, -0.2) is 4.98 Å². The molecule has 0 bridgehead atoms. The van der Waals surface area contributed by atoms with Crippen molar-refractivity contribution < 1.29 is 9.53 Å². The zero-order valence-corrected chi connectivity index (χ0v) is 19.5. The lowest BCUT2D eigenvalue weighted by Gasteiger charge is -2.26. The summed E-state index contributed by atoms with van der Waals surface area (Å²) in [6.45, 7) is 5.22. The quantitative estimate of drug-likeness (QED) is 0.516. The minimum absolute atomic E-state index is 0.0744. The topological polar surface area (TPSA) is 101 Å². The van der Waals surface area contributed by atoms with Crippen LogP contribution in [0, 0.1) is 0 Å². The zero-order chi connectivity index (χ0) is 23.5. The van der Waals surface area contributed by atoms with Crippen LogP contribution in [0.1, 0.15) is 34.3 Å². The standard InChI is InChI=1S/C25H30N6O3/c1-26-24(33)21-16-31(19-7-6-17-4-2-5-18(17)14-19)23-20(22(21)32)15-28-25(29-23)27-8-3-9-30-10-12-34-13-11-30/h6-7,14-16H,2-5,8-13H2,1H3,(H,26,33)(H,27,28,29). The van der Waals surface area contributed by atoms with E-state index in [9.17, 15) is 9.59 Å². The van der Waals surface area contributed by atoms with E-state index in [1.807, 2.05) is 10.6 Å². The normalized spacial score (nSPS) is 15.9. The Morgan fingerprint density at radius 3 is 2.82 bits per heavy atom. The number of hydrogen-bond acceptors (Lipinski definition) is 7. The van der Waals surface area contributed by atoms with E-state index in [1.165, 1.54) is 24.4 Å². The van der Waals surface area contributed by atoms with E-state index in [-0.39, 0.29) is 11.0 Å². The Morgan fingerprint density at radius 2 is 2.00 bits per heavy atom. The molecule has 2 aliphatic rings. The minimum Gasteiger partial charge on any atom is -0.379 e. The zero-order valence-electron chi connectivity index (χ0n) is 19.5. The summed E-state index contributed by atoms with van der Waals surface area (Å²) in [5, 5.41) is 6.17. The lowest BCUT2D eigenvalue weighted by Crippen LogP contribution is -2.37. The second-order valence-electron chi connectivity index (χ2n) is 8.79. The van der Waals surface area contributed by atoms with Crippen molar-refractivity contribution in [3.05, 3.63) is 57.5 Å². The number of carbonyl (C=O) groups is 1. The van der Waals surface area contributed by atoms with Crippen LogP contribution in [0.4, 0.5) is 5.95 Å². The first-order chi connectivity index (χ1) is 16.6. The summed E-state index contributed by atoms with van der Waals surface area (Å²) in [5.74, 6) is 0.0450. The summed E-state index contributed by atoms with van der Waals surface area (Å²) in [6.07, 6.45) is 7.34. The summed E-state index contributed by atoms with van der Waals surface area (Å²) in [7, 11) is 1.52. The van der Waals surface area contributed by atoms with Crippen LogP contribution in [0.15, 0.2) is 35.4 Å². The fourth-order valence-electron chi connectivity index (χ4n) is 4.72. The molecule has 3 aromatic rings. The molecule has 0 spiro atoms. The number of fused-ring (bicyclic) bond motifs is 2. The van der Waals surface area contributed by atoms with Crippen molar-refractivity contribution in [2.24, 2.45) is 0 Å². The molecule has 34 heavy (non-hydrogen) atoms. The highest BCUT2D eigenvalue weighted by atomic mass is 16.5. The van der Waals surface area contributed by atoms with Gasteiger partial charge in [0.15, 0.2) is 5.65 Å². The van der Waals surface area contributed by atoms with Crippen LogP contribution >= 0.6 is 0 Å². The van der Waals surface area contributed by atoms with Crippen LogP contribution in [0.2, 0.25) is 0 Å². The second-order valence-corrected chi connectivity index (χ2v) is 8.79. The summed E-state index contributed by atoms with van der Waals surface area (Å²) in [6, 6.07) is 6.30. The van der Waals surface area contributed by atoms with E-state index in [2.05, 4.69) is 32.7 Å². The fourth-order valence-corrected chi connectivity index (χ4v) is 4.72. The first kappa shape index (κ1) is 22.5. The Bertz CT molecular complexity index is 1270. The van der Waals surface area contributed by atoms with Gasteiger partial charge in [-0.3, -0.25) is 14.5 Å². The molecule has 0 radical (unpaired) electrons. The van der Waals surface area contributed by atoms with Gasteiger partial charge < -0.3 is 19.9 Å². The average molecular weight is 463 g/mol. The number of aryl methyl sites for hydroxylation is 2. The van der Waals surface area contributed by atoms with Crippen molar-refractivity contribution in [3.63, 3.8) is 0 Å². The van der Waals surface area contributed by atoms with Crippen molar-refractivity contribution in [1.82, 2.24) is 24.8 Å². The van der Waals surface area contributed by atoms with E-state index in [0.717, 1.165) is 70.8 Å². The number of carbonyl (C=O) groups excluding carboxylic acids is 1. The van der Waals surface area contributed by atoms with Crippen LogP contribution in [0.25, 0.3) is 16.7 Å². The van der Waals surface area contributed by atoms with Gasteiger partial charge in [0.1, 0.15) is 5.56 Å². The number of nitrogens with zero attached hydrogens (tertiary/aromatic N) is 4. The van der Waals surface area contributed by atoms with Crippen molar-refractivity contribution >= 4 is 22.9 Å². The number of benzene rings is 1. The van der Waals surface area contributed by atoms with Gasteiger partial charge in [-0.05, 0) is 55.5 Å². The Labute approximate surface area is 198 Å². The minimum atomic E-state index is -0.424. The van der Waals surface area contributed by atoms with Crippen molar-refractivity contribution in [2.45, 2.75) is 25.7 Å². The molecule has 1 aromatic carbocycles. The molecule has 0 saturated carbocycles. The van der Waals surface area contributed by atoms with Gasteiger partial charge >= 0.3 is 0 Å². The molecular weight excluding hydrogens is 432 g/mol. The molecule has 2 aromatic heterocycles. The Hall–Kier alpha value is -3.30. The highest BCUT2D eigenvalue weighted by Crippen LogP contribution is 2.26. The fraction of sp³-hybridized carbons (Fsp3) is 0.440. The van der Waals surface area contributed by atoms with Crippen molar-refractivity contribution in [1.29, 1.82) is 0 Å². The summed E-state index contributed by atoms with van der Waals surface area (Å²) >= 11 is 0. The van der Waals surface area contributed by atoms with Gasteiger partial charge in [-0.1, -0.05) is 6.07 Å². The van der Waals surface area contributed by atoms with Gasteiger partial charge in [0.05, 0.1) is 18.6 Å². The summed E-state index contributed by atoms with van der Waals surface area (Å²) < 4.78 is 7.23. The van der Waals surface area contributed by atoms with E-state index in [1.54, 1.807) is 6.20 Å². The number of ether oxygens (including phenoxy) is 1. The first-order valence-corrected chi connectivity index (χ1v) is 11.9. The number of nitrogens with one attached hydrogen (secondary N) is 2. The molecule has 178 valence electrons. The molecule has 1 amide bonds. The predicted octanol–water partition coefficient (Wildman–Crippen LogP) is 1.76. The van der Waals surface area contributed by atoms with Crippen LogP contribution in [0.5, 0.6) is 0 Å². The molecule has 1 saturated heterocycles. The van der Waals surface area contributed by atoms with Gasteiger partial charge in [0.25, 0.3) is 5.91 Å². The average Bonchev–Trinajstić information content (AvgIpc) is 3.35. The van der Waals surface area contributed by atoms with E-state index in [0.29, 0.717) is 17.0 Å². The highest BCUT2D eigenvalue weighted by molar-refractivity contribution is 5.97. The third-order valence-electron chi connectivity index (χ3n) is 6.61. The molecule has 0 atom stereocenters. The van der Waals surface area contributed by atoms with E-state index >= 15 is 0 Å². The van der Waals surface area contributed by atoms with Gasteiger partial charge in [0, 0.05) is 44.8 Å². The maximum atomic E-state index is 13.1. The smallest absolute Gasteiger partial charge is 0.256 e. The summed E-state index contributed by atoms with van der Waals surface area (Å²) in [4.78, 5) is 36.9. The maximum Gasteiger partial charge on any atom is 0.256 e. The molecule has 9 heteroatoms. The Morgan fingerprint density at radius 1 is 1.18 bits per heavy atom. The van der Waals surface area contributed by atoms with Crippen molar-refractivity contribution in [3.8, 4) is 5.69 Å². The third-order valence-corrected chi connectivity index (χ3v) is 6.61. The third kappa shape index (κ3) is 4.53. The molecule has 3 heterocycles. The number of hydrogen-bond donors (Lipinski definition) is 2. The van der Waals surface area contributed by atoms with Crippen molar-refractivity contribution in [2.75, 3.05) is 51.8 Å². The van der Waals surface area contributed by atoms with Crippen LogP contribution in [-0.2, 0) is 17.6 Å². The summed E-state index contributed by atoms with van der Waals surface area (Å²) in [5.41, 5.74) is 3.74. The number of rotatable bonds is 7. The largest absolute Gasteiger partial charge is 0.379 e. The molecule has 2 N–H and O–H groups in total. The highest BCUT2D eigenvalue weighted by Gasteiger charge is 2.19. The van der Waals surface area contributed by atoms with Gasteiger partial charge in [0.2, 0.25) is 11.4 Å². The Balaban J connectivity index is 1.46. The second kappa shape index (κ2) is 9.90. The molecule has 9 nitrogen and oxygen atoms in total. The van der Waals surface area contributed by atoms with Crippen LogP contribution < -0.4 is 16.1 Å². The van der Waals surface area contributed by atoms with E-state index in [4.69, 9.17) is 9.72 Å². The van der Waals surface area contributed by atoms with Crippen LogP contribution in [0.3, 0.4) is 0 Å². The molecule has 1 aliphatic carbocycles. The number of amides is 1. The van der Waals surface area contributed by atoms with Gasteiger partial charge in [-0.15, -0.1) is 0 Å². The first-order valence-electron chi connectivity index (χ1n) is 11.9. The maximum absolute atomic E-state index is 13.1. The Kier molecular flexibility index (Phi) is 6.55. The molecule has 1 aliphatic heterocycles. The predicted molar refractivity (Wildman–Crippen MR) is 131 cm³/mol. The number of aromatic nitrogens is 3. The number of pyridine rings is 1. The van der Waals surface area contributed by atoms with Gasteiger partial charge in [-0.2, -0.15) is 4.98 Å². The lowest BCUT2D eigenvalue weighted by atomic mass is 10.1. The van der Waals surface area contributed by atoms with E-state index < -0.39 is 5.91 Å². The lowest BCUT2D eigenvalue weighted by molar-refractivity contribution is 0.0378. The molecule has 0 unspecified atom stereocenters. The molecule has 1 fully saturated rings. The number of morpholine rings is 1. The number of anilines is 1. The SMILES string of the molecule is CNC(=O)c1cn(-c2ccc3c(c2)CCC3)c2nc(NCCCN3CCOCC3)ncc2c1=O. The van der Waals surface area contributed by atoms with Crippen LogP contribution in [-0.4, -0.2) is 71.8 Å².